The first-order valence-electron chi connectivity index (χ1n) is 4.35. The lowest BCUT2D eigenvalue weighted by Crippen LogP contribution is -2.35. The minimum absolute atomic E-state index is 0.0186. The van der Waals surface area contributed by atoms with Gasteiger partial charge in [-0.3, -0.25) is 4.79 Å². The number of hydrogen-bond donors (Lipinski definition) is 0. The maximum absolute atomic E-state index is 11.1. The van der Waals surface area contributed by atoms with E-state index in [2.05, 4.69) is 13.8 Å². The van der Waals surface area contributed by atoms with E-state index in [4.69, 9.17) is 4.74 Å². The van der Waals surface area contributed by atoms with Crippen molar-refractivity contribution in [3.05, 3.63) is 0 Å². The van der Waals surface area contributed by atoms with Gasteiger partial charge in [0.05, 0.1) is 5.92 Å². The van der Waals surface area contributed by atoms with Gasteiger partial charge in [-0.2, -0.15) is 0 Å². The SMILES string of the molecule is CC[C@H]1OC(=O)[C@H](C)C[C@@H]1C. The minimum atomic E-state index is -0.0186. The van der Waals surface area contributed by atoms with Crippen molar-refractivity contribution in [2.75, 3.05) is 0 Å². The van der Waals surface area contributed by atoms with Gasteiger partial charge < -0.3 is 4.74 Å². The molecule has 1 heterocycles. The molecule has 0 aromatic carbocycles. The van der Waals surface area contributed by atoms with Crippen LogP contribution in [0.3, 0.4) is 0 Å². The Morgan fingerprint density at radius 2 is 2.18 bits per heavy atom. The van der Waals surface area contributed by atoms with E-state index in [1.165, 1.54) is 0 Å². The molecule has 1 rings (SSSR count). The predicted octanol–water partition coefficient (Wildman–Crippen LogP) is 1.98. The molecule has 0 bridgehead atoms. The summed E-state index contributed by atoms with van der Waals surface area (Å²) in [5.41, 5.74) is 0. The van der Waals surface area contributed by atoms with E-state index < -0.39 is 0 Å². The van der Waals surface area contributed by atoms with Crippen LogP contribution in [-0.2, 0) is 9.53 Å². The lowest BCUT2D eigenvalue weighted by atomic mass is 9.89. The van der Waals surface area contributed by atoms with Crippen molar-refractivity contribution < 1.29 is 9.53 Å². The number of carbonyl (C=O) groups excluding carboxylic acids is 1. The van der Waals surface area contributed by atoms with Crippen LogP contribution in [-0.4, -0.2) is 12.1 Å². The Bertz CT molecular complexity index is 154. The number of rotatable bonds is 1. The van der Waals surface area contributed by atoms with Crippen molar-refractivity contribution >= 4 is 5.97 Å². The maximum Gasteiger partial charge on any atom is 0.308 e. The standard InChI is InChI=1S/C9H16O2/c1-4-8-6(2)5-7(3)9(10)11-8/h6-8H,4-5H2,1-3H3/t6-,7+,8+/m0/s1. The zero-order valence-electron chi connectivity index (χ0n) is 7.46. The molecule has 1 saturated heterocycles. The number of hydrogen-bond acceptors (Lipinski definition) is 2. The highest BCUT2D eigenvalue weighted by Gasteiger charge is 2.31. The zero-order valence-corrected chi connectivity index (χ0v) is 7.46. The molecule has 1 fully saturated rings. The van der Waals surface area contributed by atoms with Crippen LogP contribution in [0.2, 0.25) is 0 Å². The molecule has 0 saturated carbocycles. The summed E-state index contributed by atoms with van der Waals surface area (Å²) in [6.07, 6.45) is 2.09. The summed E-state index contributed by atoms with van der Waals surface area (Å²) < 4.78 is 5.22. The van der Waals surface area contributed by atoms with Crippen LogP contribution >= 0.6 is 0 Å². The number of cyclic esters (lactones) is 1. The van der Waals surface area contributed by atoms with Gasteiger partial charge in [0.2, 0.25) is 0 Å². The van der Waals surface area contributed by atoms with Crippen LogP contribution in [0.4, 0.5) is 0 Å². The fraction of sp³-hybridized carbons (Fsp3) is 0.889. The highest BCUT2D eigenvalue weighted by atomic mass is 16.5. The molecule has 64 valence electrons. The molecule has 0 aromatic rings. The first kappa shape index (κ1) is 8.57. The van der Waals surface area contributed by atoms with Gasteiger partial charge in [-0.05, 0) is 18.8 Å². The normalized spacial score (nSPS) is 38.5. The smallest absolute Gasteiger partial charge is 0.308 e. The molecule has 1 aliphatic rings. The molecule has 0 spiro atoms. The van der Waals surface area contributed by atoms with E-state index in [1.54, 1.807) is 0 Å². The molecular weight excluding hydrogens is 140 g/mol. The lowest BCUT2D eigenvalue weighted by molar-refractivity contribution is -0.164. The molecule has 2 nitrogen and oxygen atoms in total. The van der Waals surface area contributed by atoms with Crippen molar-refractivity contribution in [2.24, 2.45) is 11.8 Å². The summed E-state index contributed by atoms with van der Waals surface area (Å²) in [6.45, 7) is 6.15. The predicted molar refractivity (Wildman–Crippen MR) is 43.1 cm³/mol. The van der Waals surface area contributed by atoms with Gasteiger partial charge in [0, 0.05) is 0 Å². The second kappa shape index (κ2) is 3.24. The van der Waals surface area contributed by atoms with E-state index in [9.17, 15) is 4.79 Å². The molecule has 0 N–H and O–H groups in total. The van der Waals surface area contributed by atoms with E-state index in [0.717, 1.165) is 12.8 Å². The average Bonchev–Trinajstić information content (AvgIpc) is 1.97. The summed E-state index contributed by atoms with van der Waals surface area (Å²) in [7, 11) is 0. The molecule has 0 amide bonds. The fourth-order valence-electron chi connectivity index (χ4n) is 1.67. The summed E-state index contributed by atoms with van der Waals surface area (Å²) >= 11 is 0. The Morgan fingerprint density at radius 3 is 2.73 bits per heavy atom. The number of ether oxygens (including phenoxy) is 1. The Kier molecular flexibility index (Phi) is 2.53. The van der Waals surface area contributed by atoms with E-state index in [-0.39, 0.29) is 18.0 Å². The van der Waals surface area contributed by atoms with Crippen molar-refractivity contribution in [1.82, 2.24) is 0 Å². The van der Waals surface area contributed by atoms with E-state index in [1.807, 2.05) is 6.92 Å². The van der Waals surface area contributed by atoms with Crippen molar-refractivity contribution in [3.63, 3.8) is 0 Å². The Balaban J connectivity index is 2.54. The number of esters is 1. The monoisotopic (exact) mass is 156 g/mol. The first-order valence-corrected chi connectivity index (χ1v) is 4.35. The van der Waals surface area contributed by atoms with Crippen LogP contribution in [0.1, 0.15) is 33.6 Å². The Morgan fingerprint density at radius 1 is 1.55 bits per heavy atom. The summed E-state index contributed by atoms with van der Waals surface area (Å²) in [5, 5.41) is 0. The topological polar surface area (TPSA) is 26.3 Å². The zero-order chi connectivity index (χ0) is 8.43. The quantitative estimate of drug-likeness (QED) is 0.543. The summed E-state index contributed by atoms with van der Waals surface area (Å²) in [6, 6.07) is 0. The average molecular weight is 156 g/mol. The second-order valence-corrected chi connectivity index (χ2v) is 3.50. The molecule has 0 aliphatic carbocycles. The van der Waals surface area contributed by atoms with Gasteiger partial charge in [0.15, 0.2) is 0 Å². The van der Waals surface area contributed by atoms with Crippen LogP contribution < -0.4 is 0 Å². The molecule has 0 aromatic heterocycles. The van der Waals surface area contributed by atoms with Gasteiger partial charge in [-0.25, -0.2) is 0 Å². The van der Waals surface area contributed by atoms with Crippen molar-refractivity contribution in [2.45, 2.75) is 39.7 Å². The Hall–Kier alpha value is -0.530. The maximum atomic E-state index is 11.1. The molecule has 2 heteroatoms. The van der Waals surface area contributed by atoms with Crippen LogP contribution in [0.5, 0.6) is 0 Å². The molecule has 11 heavy (non-hydrogen) atoms. The molecule has 0 unspecified atom stereocenters. The number of carbonyl (C=O) groups is 1. The second-order valence-electron chi connectivity index (χ2n) is 3.50. The van der Waals surface area contributed by atoms with Gasteiger partial charge in [-0.15, -0.1) is 0 Å². The van der Waals surface area contributed by atoms with Gasteiger partial charge >= 0.3 is 5.97 Å². The third-order valence-corrected chi connectivity index (χ3v) is 2.43. The minimum Gasteiger partial charge on any atom is -0.462 e. The highest BCUT2D eigenvalue weighted by molar-refractivity contribution is 5.72. The third-order valence-electron chi connectivity index (χ3n) is 2.43. The van der Waals surface area contributed by atoms with Gasteiger partial charge in [0.25, 0.3) is 0 Å². The molecular formula is C9H16O2. The Labute approximate surface area is 67.9 Å². The third kappa shape index (κ3) is 1.73. The molecule has 0 radical (unpaired) electrons. The summed E-state index contributed by atoms with van der Waals surface area (Å²) in [4.78, 5) is 11.1. The van der Waals surface area contributed by atoms with Crippen LogP contribution in [0, 0.1) is 11.8 Å². The van der Waals surface area contributed by atoms with Crippen molar-refractivity contribution in [3.8, 4) is 0 Å². The van der Waals surface area contributed by atoms with Crippen LogP contribution in [0.15, 0.2) is 0 Å². The lowest BCUT2D eigenvalue weighted by Gasteiger charge is -2.31. The summed E-state index contributed by atoms with van der Waals surface area (Å²) in [5.74, 6) is 0.621. The highest BCUT2D eigenvalue weighted by Crippen LogP contribution is 2.26. The van der Waals surface area contributed by atoms with E-state index >= 15 is 0 Å². The molecule has 3 atom stereocenters. The van der Waals surface area contributed by atoms with Crippen LogP contribution in [0.25, 0.3) is 0 Å². The van der Waals surface area contributed by atoms with Gasteiger partial charge in [-0.1, -0.05) is 20.8 Å². The molecule has 1 aliphatic heterocycles. The fourth-order valence-corrected chi connectivity index (χ4v) is 1.67. The largest absolute Gasteiger partial charge is 0.462 e. The van der Waals surface area contributed by atoms with Gasteiger partial charge in [0.1, 0.15) is 6.10 Å². The van der Waals surface area contributed by atoms with E-state index in [0.29, 0.717) is 5.92 Å². The van der Waals surface area contributed by atoms with Crippen molar-refractivity contribution in [1.29, 1.82) is 0 Å². The first-order chi connectivity index (χ1) is 5.15.